The van der Waals surface area contributed by atoms with Crippen LogP contribution < -0.4 is 5.32 Å². The van der Waals surface area contributed by atoms with Gasteiger partial charge in [-0.15, -0.1) is 0 Å². The van der Waals surface area contributed by atoms with Crippen molar-refractivity contribution in [2.24, 2.45) is 0 Å². The molecule has 0 aliphatic heterocycles. The number of carbonyl (C=O) groups is 1. The van der Waals surface area contributed by atoms with Gasteiger partial charge < -0.3 is 14.6 Å². The Labute approximate surface area is 143 Å². The fourth-order valence-corrected chi connectivity index (χ4v) is 3.72. The highest BCUT2D eigenvalue weighted by Gasteiger charge is 2.22. The predicted octanol–water partition coefficient (Wildman–Crippen LogP) is 3.47. The van der Waals surface area contributed by atoms with E-state index in [0.29, 0.717) is 17.8 Å². The van der Waals surface area contributed by atoms with Gasteiger partial charge in [-0.1, -0.05) is 43.7 Å². The van der Waals surface area contributed by atoms with Gasteiger partial charge in [-0.25, -0.2) is 0 Å². The Hall–Kier alpha value is -1.43. The van der Waals surface area contributed by atoms with Crippen LogP contribution in [0, 0.1) is 0 Å². The molecule has 6 heteroatoms. The Bertz CT molecular complexity index is 517. The third kappa shape index (κ3) is 5.03. The van der Waals surface area contributed by atoms with E-state index in [1.807, 2.05) is 6.92 Å². The molecule has 2 saturated carbocycles. The number of nitrogens with zero attached hydrogens (tertiary/aromatic N) is 2. The molecule has 1 aromatic rings. The molecule has 0 saturated heterocycles. The highest BCUT2D eigenvalue weighted by Crippen LogP contribution is 2.25. The number of ether oxygens (including phenoxy) is 1. The van der Waals surface area contributed by atoms with Crippen LogP contribution in [0.25, 0.3) is 0 Å². The van der Waals surface area contributed by atoms with Crippen LogP contribution in [-0.4, -0.2) is 28.2 Å². The van der Waals surface area contributed by atoms with E-state index in [1.54, 1.807) is 0 Å². The zero-order chi connectivity index (χ0) is 16.8. The first kappa shape index (κ1) is 17.4. The zero-order valence-electron chi connectivity index (χ0n) is 14.6. The standard InChI is InChI=1S/C18H29N3O3/c1-13(23-15-10-4-2-3-5-11-15)18-20-16(21-24-18)12-17(22)19-14-8-6-7-9-14/h13-15H,2-12H2,1H3,(H,19,22)/t13-/m0/s1. The maximum Gasteiger partial charge on any atom is 0.255 e. The summed E-state index contributed by atoms with van der Waals surface area (Å²) in [7, 11) is 0. The first-order valence-electron chi connectivity index (χ1n) is 9.48. The third-order valence-electron chi connectivity index (χ3n) is 5.07. The highest BCUT2D eigenvalue weighted by atomic mass is 16.5. The van der Waals surface area contributed by atoms with E-state index in [-0.39, 0.29) is 24.5 Å². The molecule has 3 rings (SSSR count). The van der Waals surface area contributed by atoms with Crippen molar-refractivity contribution in [3.8, 4) is 0 Å². The lowest BCUT2D eigenvalue weighted by atomic mass is 10.1. The Morgan fingerprint density at radius 2 is 1.83 bits per heavy atom. The van der Waals surface area contributed by atoms with Crippen molar-refractivity contribution in [1.82, 2.24) is 15.5 Å². The fraction of sp³-hybridized carbons (Fsp3) is 0.833. The summed E-state index contributed by atoms with van der Waals surface area (Å²) in [6.45, 7) is 1.95. The van der Waals surface area contributed by atoms with E-state index in [4.69, 9.17) is 9.26 Å². The van der Waals surface area contributed by atoms with E-state index in [9.17, 15) is 4.79 Å². The molecule has 6 nitrogen and oxygen atoms in total. The molecule has 1 N–H and O–H groups in total. The van der Waals surface area contributed by atoms with Gasteiger partial charge in [-0.3, -0.25) is 4.79 Å². The van der Waals surface area contributed by atoms with Crippen molar-refractivity contribution >= 4 is 5.91 Å². The third-order valence-corrected chi connectivity index (χ3v) is 5.07. The number of aromatic nitrogens is 2. The summed E-state index contributed by atoms with van der Waals surface area (Å²) in [5.41, 5.74) is 0. The van der Waals surface area contributed by atoms with Gasteiger partial charge in [-0.2, -0.15) is 4.98 Å². The normalized spacial score (nSPS) is 21.5. The number of carbonyl (C=O) groups excluding carboxylic acids is 1. The molecule has 0 aromatic carbocycles. The van der Waals surface area contributed by atoms with Gasteiger partial charge in [-0.05, 0) is 32.6 Å². The summed E-state index contributed by atoms with van der Waals surface area (Å²) in [5, 5.41) is 6.98. The quantitative estimate of drug-likeness (QED) is 0.805. The lowest BCUT2D eigenvalue weighted by Gasteiger charge is -2.18. The van der Waals surface area contributed by atoms with Gasteiger partial charge in [0.2, 0.25) is 5.91 Å². The second-order valence-electron chi connectivity index (χ2n) is 7.17. The first-order chi connectivity index (χ1) is 11.7. The smallest absolute Gasteiger partial charge is 0.255 e. The van der Waals surface area contributed by atoms with Crippen molar-refractivity contribution < 1.29 is 14.1 Å². The molecule has 2 aliphatic rings. The van der Waals surface area contributed by atoms with Crippen molar-refractivity contribution in [2.75, 3.05) is 0 Å². The van der Waals surface area contributed by atoms with E-state index in [2.05, 4.69) is 15.5 Å². The molecule has 24 heavy (non-hydrogen) atoms. The molecular formula is C18H29N3O3. The van der Waals surface area contributed by atoms with Crippen LogP contribution >= 0.6 is 0 Å². The topological polar surface area (TPSA) is 77.2 Å². The van der Waals surface area contributed by atoms with E-state index >= 15 is 0 Å². The van der Waals surface area contributed by atoms with Gasteiger partial charge in [0.1, 0.15) is 6.10 Å². The first-order valence-corrected chi connectivity index (χ1v) is 9.48. The van der Waals surface area contributed by atoms with E-state index < -0.39 is 0 Å². The Kier molecular flexibility index (Phi) is 6.24. The molecule has 0 bridgehead atoms. The molecular weight excluding hydrogens is 306 g/mol. The van der Waals surface area contributed by atoms with E-state index in [0.717, 1.165) is 25.7 Å². The van der Waals surface area contributed by atoms with Crippen LogP contribution in [0.1, 0.15) is 89.0 Å². The number of nitrogens with one attached hydrogen (secondary N) is 1. The maximum absolute atomic E-state index is 12.0. The van der Waals surface area contributed by atoms with Crippen LogP contribution in [0.3, 0.4) is 0 Å². The molecule has 0 radical (unpaired) electrons. The molecule has 1 aromatic heterocycles. The van der Waals surface area contributed by atoms with Gasteiger partial charge in [0.05, 0.1) is 12.5 Å². The zero-order valence-corrected chi connectivity index (χ0v) is 14.6. The average Bonchev–Trinajstić information content (AvgIpc) is 3.16. The van der Waals surface area contributed by atoms with Gasteiger partial charge in [0.15, 0.2) is 5.82 Å². The van der Waals surface area contributed by atoms with Crippen LogP contribution in [0.5, 0.6) is 0 Å². The monoisotopic (exact) mass is 335 g/mol. The maximum atomic E-state index is 12.0. The molecule has 1 heterocycles. The fourth-order valence-electron chi connectivity index (χ4n) is 3.72. The summed E-state index contributed by atoms with van der Waals surface area (Å²) < 4.78 is 11.4. The summed E-state index contributed by atoms with van der Waals surface area (Å²) >= 11 is 0. The van der Waals surface area contributed by atoms with Crippen LogP contribution in [0.2, 0.25) is 0 Å². The lowest BCUT2D eigenvalue weighted by Crippen LogP contribution is -2.33. The average molecular weight is 335 g/mol. The predicted molar refractivity (Wildman–Crippen MR) is 89.4 cm³/mol. The second-order valence-corrected chi connectivity index (χ2v) is 7.17. The number of hydrogen-bond donors (Lipinski definition) is 1. The minimum Gasteiger partial charge on any atom is -0.365 e. The largest absolute Gasteiger partial charge is 0.365 e. The number of hydrogen-bond acceptors (Lipinski definition) is 5. The SMILES string of the molecule is C[C@H](OC1CCCCCC1)c1nc(CC(=O)NC2CCCC2)no1. The van der Waals surface area contributed by atoms with Crippen LogP contribution in [-0.2, 0) is 16.0 Å². The number of rotatable bonds is 6. The Morgan fingerprint density at radius 1 is 1.17 bits per heavy atom. The van der Waals surface area contributed by atoms with Crippen LogP contribution in [0.4, 0.5) is 0 Å². The van der Waals surface area contributed by atoms with Gasteiger partial charge >= 0.3 is 0 Å². The highest BCUT2D eigenvalue weighted by molar-refractivity contribution is 5.78. The number of amides is 1. The van der Waals surface area contributed by atoms with Crippen LogP contribution in [0.15, 0.2) is 4.52 Å². The van der Waals surface area contributed by atoms with E-state index in [1.165, 1.54) is 38.5 Å². The molecule has 2 aliphatic carbocycles. The molecule has 0 unspecified atom stereocenters. The summed E-state index contributed by atoms with van der Waals surface area (Å²) in [5.74, 6) is 0.895. The van der Waals surface area contributed by atoms with Crippen molar-refractivity contribution in [1.29, 1.82) is 0 Å². The van der Waals surface area contributed by atoms with Crippen molar-refractivity contribution in [3.05, 3.63) is 11.7 Å². The molecule has 2 fully saturated rings. The Balaban J connectivity index is 1.47. The molecule has 0 spiro atoms. The summed E-state index contributed by atoms with van der Waals surface area (Å²) in [4.78, 5) is 16.4. The molecule has 1 atom stereocenters. The summed E-state index contributed by atoms with van der Waals surface area (Å²) in [6, 6.07) is 0.321. The van der Waals surface area contributed by atoms with Crippen molar-refractivity contribution in [3.63, 3.8) is 0 Å². The Morgan fingerprint density at radius 3 is 2.54 bits per heavy atom. The second kappa shape index (κ2) is 8.60. The molecule has 1 amide bonds. The van der Waals surface area contributed by atoms with Gasteiger partial charge in [0.25, 0.3) is 5.89 Å². The minimum absolute atomic E-state index is 0.0217. The minimum atomic E-state index is -0.216. The lowest BCUT2D eigenvalue weighted by molar-refractivity contribution is -0.121. The summed E-state index contributed by atoms with van der Waals surface area (Å²) in [6.07, 6.45) is 12.1. The van der Waals surface area contributed by atoms with Crippen molar-refractivity contribution in [2.45, 2.75) is 95.8 Å². The molecule has 134 valence electrons. The van der Waals surface area contributed by atoms with Gasteiger partial charge in [0, 0.05) is 6.04 Å².